The Bertz CT molecular complexity index is 1160. The van der Waals surface area contributed by atoms with Gasteiger partial charge in [-0.05, 0) is 76.4 Å². The normalized spacial score (nSPS) is 31.8. The molecule has 1 saturated carbocycles. The summed E-state index contributed by atoms with van der Waals surface area (Å²) < 4.78 is 11.9. The van der Waals surface area contributed by atoms with Crippen LogP contribution >= 0.6 is 0 Å². The molecule has 3 heterocycles. The zero-order valence-corrected chi connectivity index (χ0v) is 30.6. The van der Waals surface area contributed by atoms with Gasteiger partial charge in [0.25, 0.3) is 0 Å². The molecule has 0 spiro atoms. The fraction of sp³-hybridized carbons (Fsp3) is 0.769. The Labute approximate surface area is 294 Å². The van der Waals surface area contributed by atoms with Gasteiger partial charge in [-0.1, -0.05) is 63.8 Å². The van der Waals surface area contributed by atoms with Crippen molar-refractivity contribution in [3.8, 4) is 0 Å². The van der Waals surface area contributed by atoms with E-state index in [1.54, 1.807) is 17.9 Å². The fourth-order valence-electron chi connectivity index (χ4n) is 7.59. The monoisotopic (exact) mass is 685 g/mol. The second-order valence-electron chi connectivity index (χ2n) is 15.3. The fourth-order valence-corrected chi connectivity index (χ4v) is 7.59. The summed E-state index contributed by atoms with van der Waals surface area (Å²) >= 11 is 0. The molecule has 49 heavy (non-hydrogen) atoms. The molecular weight excluding hydrogens is 622 g/mol. The quantitative estimate of drug-likeness (QED) is 0.143. The second-order valence-corrected chi connectivity index (χ2v) is 15.3. The lowest BCUT2D eigenvalue weighted by molar-refractivity contribution is -0.151. The highest BCUT2D eigenvalue weighted by molar-refractivity contribution is 5.76. The van der Waals surface area contributed by atoms with Crippen LogP contribution in [-0.4, -0.2) is 112 Å². The number of rotatable bonds is 8. The number of aliphatic hydroxyl groups is 2. The van der Waals surface area contributed by atoms with Gasteiger partial charge in [0, 0.05) is 57.6 Å². The van der Waals surface area contributed by atoms with Crippen LogP contribution in [0, 0.1) is 11.8 Å². The molecular formula is C39H63N3O7. The molecule has 0 aromatic heterocycles. The van der Waals surface area contributed by atoms with Crippen LogP contribution in [0.3, 0.4) is 0 Å². The number of aliphatic hydroxyl groups excluding tert-OH is 1. The van der Waals surface area contributed by atoms with Gasteiger partial charge in [-0.2, -0.15) is 0 Å². The molecule has 0 radical (unpaired) electrons. The summed E-state index contributed by atoms with van der Waals surface area (Å²) in [7, 11) is 0. The highest BCUT2D eigenvalue weighted by Gasteiger charge is 2.37. The lowest BCUT2D eigenvalue weighted by atomic mass is 9.88. The van der Waals surface area contributed by atoms with E-state index < -0.39 is 36.0 Å². The highest BCUT2D eigenvalue weighted by Crippen LogP contribution is 2.28. The molecule has 10 nitrogen and oxygen atoms in total. The van der Waals surface area contributed by atoms with Gasteiger partial charge in [-0.3, -0.25) is 14.5 Å². The molecule has 3 fully saturated rings. The predicted molar refractivity (Wildman–Crippen MR) is 191 cm³/mol. The summed E-state index contributed by atoms with van der Waals surface area (Å²) in [5.41, 5.74) is -0.631. The highest BCUT2D eigenvalue weighted by atomic mass is 16.6. The van der Waals surface area contributed by atoms with Gasteiger partial charge in [-0.25, -0.2) is 4.79 Å². The first kappa shape index (κ1) is 39.1. The second kappa shape index (κ2) is 19.1. The van der Waals surface area contributed by atoms with E-state index in [1.165, 1.54) is 38.5 Å². The first-order chi connectivity index (χ1) is 23.4. The summed E-state index contributed by atoms with van der Waals surface area (Å²) in [5.74, 6) is -0.377. The van der Waals surface area contributed by atoms with Crippen molar-refractivity contribution in [1.29, 1.82) is 0 Å². The average Bonchev–Trinajstić information content (AvgIpc) is 3.49. The molecule has 4 aliphatic rings. The number of esters is 1. The molecule has 6 atom stereocenters. The van der Waals surface area contributed by atoms with Gasteiger partial charge < -0.3 is 29.5 Å². The van der Waals surface area contributed by atoms with E-state index in [9.17, 15) is 24.6 Å². The van der Waals surface area contributed by atoms with Crippen molar-refractivity contribution in [1.82, 2.24) is 14.7 Å². The van der Waals surface area contributed by atoms with E-state index in [0.717, 1.165) is 51.0 Å². The van der Waals surface area contributed by atoms with E-state index in [1.807, 2.05) is 37.0 Å². The number of likely N-dealkylation sites (tertiary alicyclic amines) is 1. The smallest absolute Gasteiger partial charge is 0.410 e. The van der Waals surface area contributed by atoms with Crippen LogP contribution < -0.4 is 0 Å². The molecule has 2 N–H and O–H groups in total. The molecule has 276 valence electrons. The van der Waals surface area contributed by atoms with Crippen LogP contribution in [0.2, 0.25) is 0 Å². The van der Waals surface area contributed by atoms with Crippen LogP contribution in [0.5, 0.6) is 0 Å². The molecule has 2 saturated heterocycles. The number of allylic oxidation sites excluding steroid dienone is 3. The van der Waals surface area contributed by atoms with Gasteiger partial charge >= 0.3 is 12.1 Å². The van der Waals surface area contributed by atoms with Crippen LogP contribution in [0.1, 0.15) is 111 Å². The standard InChI is InChI=1S/C39H63N3O7/c1-29(16-19-35(44)41-22-9-10-23-41)12-11-13-30(2)37-31(3)17-18-34(39(4,47)21-20-33(43)28-36(45)49-37)48-38(46)42-26-24-40(25-27-42)32-14-7-5-6-8-15-32/h11-13,17-18,29,31-34,37,43,47H,5-10,14-16,19-28H2,1-4H3/b12-11+,18-17-,30-13+/t29-,31+,33-,34+,37-,39-/m1/s1. The van der Waals surface area contributed by atoms with Crippen molar-refractivity contribution in [2.24, 2.45) is 11.8 Å². The lowest BCUT2D eigenvalue weighted by Gasteiger charge is -2.40. The van der Waals surface area contributed by atoms with Crippen LogP contribution in [-0.2, 0) is 19.1 Å². The van der Waals surface area contributed by atoms with E-state index in [2.05, 4.69) is 17.9 Å². The van der Waals surface area contributed by atoms with Gasteiger partial charge in [0.05, 0.1) is 12.5 Å². The number of hydrogen-bond donors (Lipinski definition) is 2. The summed E-state index contributed by atoms with van der Waals surface area (Å²) in [6.45, 7) is 12.1. The van der Waals surface area contributed by atoms with Gasteiger partial charge in [0.15, 0.2) is 6.10 Å². The maximum Gasteiger partial charge on any atom is 0.410 e. The SMILES string of the molecule is C/C(=C\C=C\[C@@H](C)CCC(=O)N1CCCC1)[C@H]1OC(=O)C[C@H](O)CC[C@@](C)(O)[C@@H](OC(=O)N2CCN(C3CCCCCC3)CC2)/C=C\[C@@H]1C. The van der Waals surface area contributed by atoms with Crippen molar-refractivity contribution < 1.29 is 34.1 Å². The number of nitrogens with zero attached hydrogens (tertiary/aromatic N) is 3. The molecule has 1 aliphatic carbocycles. The number of ether oxygens (including phenoxy) is 2. The van der Waals surface area contributed by atoms with Gasteiger partial charge in [0.2, 0.25) is 5.91 Å². The first-order valence-corrected chi connectivity index (χ1v) is 19.0. The molecule has 0 aromatic rings. The molecule has 0 unspecified atom stereocenters. The number of hydrogen-bond acceptors (Lipinski definition) is 8. The Morgan fingerprint density at radius 3 is 2.35 bits per heavy atom. The predicted octanol–water partition coefficient (Wildman–Crippen LogP) is 5.77. The minimum atomic E-state index is -1.45. The Morgan fingerprint density at radius 2 is 1.67 bits per heavy atom. The first-order valence-electron chi connectivity index (χ1n) is 19.0. The maximum atomic E-state index is 13.4. The summed E-state index contributed by atoms with van der Waals surface area (Å²) in [6.07, 6.45) is 17.7. The third-order valence-electron chi connectivity index (χ3n) is 11.0. The summed E-state index contributed by atoms with van der Waals surface area (Å²) in [4.78, 5) is 45.0. The van der Waals surface area contributed by atoms with E-state index >= 15 is 0 Å². The van der Waals surface area contributed by atoms with E-state index in [-0.39, 0.29) is 37.0 Å². The zero-order valence-electron chi connectivity index (χ0n) is 30.6. The minimum absolute atomic E-state index is 0.141. The van der Waals surface area contributed by atoms with Crippen molar-refractivity contribution in [3.63, 3.8) is 0 Å². The lowest BCUT2D eigenvalue weighted by Crippen LogP contribution is -2.53. The number of piperazine rings is 1. The summed E-state index contributed by atoms with van der Waals surface area (Å²) in [6, 6.07) is 0.595. The van der Waals surface area contributed by atoms with Gasteiger partial charge in [-0.15, -0.1) is 0 Å². The average molecular weight is 686 g/mol. The molecule has 0 bridgehead atoms. The summed E-state index contributed by atoms with van der Waals surface area (Å²) in [5, 5.41) is 22.2. The van der Waals surface area contributed by atoms with E-state index in [0.29, 0.717) is 25.6 Å². The Hall–Kier alpha value is -2.69. The minimum Gasteiger partial charge on any atom is -0.457 e. The molecule has 4 rings (SSSR count). The third kappa shape index (κ3) is 12.2. The van der Waals surface area contributed by atoms with Gasteiger partial charge in [0.1, 0.15) is 11.7 Å². The third-order valence-corrected chi connectivity index (χ3v) is 11.0. The van der Waals surface area contributed by atoms with Crippen LogP contribution in [0.25, 0.3) is 0 Å². The largest absolute Gasteiger partial charge is 0.457 e. The molecule has 2 amide bonds. The van der Waals surface area contributed by atoms with Crippen LogP contribution in [0.15, 0.2) is 36.0 Å². The number of carbonyl (C=O) groups excluding carboxylic acids is 3. The maximum absolute atomic E-state index is 13.4. The Morgan fingerprint density at radius 1 is 1.00 bits per heavy atom. The molecule has 0 aromatic carbocycles. The molecule has 3 aliphatic heterocycles. The van der Waals surface area contributed by atoms with Crippen molar-refractivity contribution in [3.05, 3.63) is 36.0 Å². The van der Waals surface area contributed by atoms with Crippen molar-refractivity contribution in [2.45, 2.75) is 141 Å². The van der Waals surface area contributed by atoms with Crippen LogP contribution in [0.4, 0.5) is 4.79 Å². The van der Waals surface area contributed by atoms with Crippen molar-refractivity contribution >= 4 is 18.0 Å². The number of cyclic esters (lactones) is 1. The topological polar surface area (TPSA) is 120 Å². The Kier molecular flexibility index (Phi) is 15.2. The number of amides is 2. The van der Waals surface area contributed by atoms with E-state index in [4.69, 9.17) is 9.47 Å². The zero-order chi connectivity index (χ0) is 35.4. The van der Waals surface area contributed by atoms with Crippen molar-refractivity contribution in [2.75, 3.05) is 39.3 Å². The molecule has 10 heteroatoms. The number of carbonyl (C=O) groups is 3. The Balaban J connectivity index is 1.40.